The first-order valence-electron chi connectivity index (χ1n) is 10.4. The minimum atomic E-state index is -0.492. The van der Waals surface area contributed by atoms with Gasteiger partial charge in [0.2, 0.25) is 5.91 Å². The highest BCUT2D eigenvalue weighted by molar-refractivity contribution is 5.94. The summed E-state index contributed by atoms with van der Waals surface area (Å²) in [6, 6.07) is 19.0. The number of rotatable bonds is 7. The van der Waals surface area contributed by atoms with E-state index in [9.17, 15) is 9.59 Å². The van der Waals surface area contributed by atoms with Crippen molar-refractivity contribution in [2.24, 2.45) is 5.73 Å². The van der Waals surface area contributed by atoms with Gasteiger partial charge in [0.15, 0.2) is 11.5 Å². The van der Waals surface area contributed by atoms with Crippen LogP contribution in [0.15, 0.2) is 66.7 Å². The highest BCUT2D eigenvalue weighted by Gasteiger charge is 2.18. The van der Waals surface area contributed by atoms with E-state index in [-0.39, 0.29) is 11.9 Å². The molecule has 3 N–H and O–H groups in total. The number of carbonyl (C=O) groups excluding carboxylic acids is 2. The van der Waals surface area contributed by atoms with Crippen LogP contribution < -0.4 is 25.3 Å². The van der Waals surface area contributed by atoms with Gasteiger partial charge in [-0.05, 0) is 72.6 Å². The van der Waals surface area contributed by atoms with E-state index in [0.717, 1.165) is 17.7 Å². The van der Waals surface area contributed by atoms with E-state index in [1.54, 1.807) is 48.5 Å². The van der Waals surface area contributed by atoms with Gasteiger partial charge in [-0.15, -0.1) is 0 Å². The molecule has 0 saturated heterocycles. The molecule has 0 fully saturated rings. The van der Waals surface area contributed by atoms with E-state index < -0.39 is 5.91 Å². The molecule has 3 aromatic rings. The molecule has 0 aliphatic carbocycles. The van der Waals surface area contributed by atoms with Gasteiger partial charge in [-0.25, -0.2) is 0 Å². The molecule has 0 bridgehead atoms. The van der Waals surface area contributed by atoms with Gasteiger partial charge in [0.25, 0.3) is 5.91 Å². The fraction of sp³-hybridized carbons (Fsp3) is 0.200. The van der Waals surface area contributed by atoms with Gasteiger partial charge in [-0.3, -0.25) is 9.59 Å². The van der Waals surface area contributed by atoms with Crippen molar-refractivity contribution < 1.29 is 23.8 Å². The third-order valence-electron chi connectivity index (χ3n) is 5.17. The van der Waals surface area contributed by atoms with Gasteiger partial charge in [-0.2, -0.15) is 0 Å². The third-order valence-corrected chi connectivity index (χ3v) is 5.17. The van der Waals surface area contributed by atoms with E-state index in [0.29, 0.717) is 41.6 Å². The molecule has 0 radical (unpaired) electrons. The van der Waals surface area contributed by atoms with Crippen LogP contribution in [0.2, 0.25) is 0 Å². The van der Waals surface area contributed by atoms with E-state index in [4.69, 9.17) is 19.9 Å². The Kier molecular flexibility index (Phi) is 6.26. The summed E-state index contributed by atoms with van der Waals surface area (Å²) in [5, 5.41) is 3.07. The van der Waals surface area contributed by atoms with Gasteiger partial charge < -0.3 is 25.3 Å². The fourth-order valence-electron chi connectivity index (χ4n) is 3.44. The van der Waals surface area contributed by atoms with Crippen LogP contribution in [0.4, 0.5) is 0 Å². The maximum Gasteiger partial charge on any atom is 0.251 e. The lowest BCUT2D eigenvalue weighted by molar-refractivity contribution is 0.0934. The lowest BCUT2D eigenvalue weighted by atomic mass is 10.0. The quantitative estimate of drug-likeness (QED) is 0.582. The Labute approximate surface area is 186 Å². The number of primary amides is 1. The van der Waals surface area contributed by atoms with Crippen LogP contribution >= 0.6 is 0 Å². The van der Waals surface area contributed by atoms with Crippen molar-refractivity contribution in [3.63, 3.8) is 0 Å². The molecule has 1 aliphatic rings. The van der Waals surface area contributed by atoms with Gasteiger partial charge in [0.1, 0.15) is 24.7 Å². The average molecular weight is 432 g/mol. The molecule has 0 spiro atoms. The van der Waals surface area contributed by atoms with Crippen molar-refractivity contribution in [3.8, 4) is 23.0 Å². The Morgan fingerprint density at radius 2 is 1.50 bits per heavy atom. The minimum Gasteiger partial charge on any atom is -0.486 e. The summed E-state index contributed by atoms with van der Waals surface area (Å²) in [7, 11) is 0. The number of hydrogen-bond donors (Lipinski definition) is 2. The molecular weight excluding hydrogens is 408 g/mol. The van der Waals surface area contributed by atoms with Crippen molar-refractivity contribution in [2.75, 3.05) is 13.2 Å². The maximum absolute atomic E-state index is 12.8. The molecule has 1 heterocycles. The van der Waals surface area contributed by atoms with Crippen molar-refractivity contribution in [1.29, 1.82) is 0 Å². The molecule has 164 valence electrons. The summed E-state index contributed by atoms with van der Waals surface area (Å²) >= 11 is 0. The Morgan fingerprint density at radius 1 is 0.906 bits per heavy atom. The molecule has 1 atom stereocenters. The first-order valence-corrected chi connectivity index (χ1v) is 10.4. The number of hydrogen-bond acceptors (Lipinski definition) is 5. The topological polar surface area (TPSA) is 99.9 Å². The number of ether oxygens (including phenoxy) is 3. The van der Waals surface area contributed by atoms with Crippen LogP contribution in [0.25, 0.3) is 0 Å². The molecule has 2 amide bonds. The minimum absolute atomic E-state index is 0.155. The monoisotopic (exact) mass is 432 g/mol. The second kappa shape index (κ2) is 9.43. The van der Waals surface area contributed by atoms with E-state index in [2.05, 4.69) is 5.32 Å². The van der Waals surface area contributed by atoms with Crippen LogP contribution in [0, 0.1) is 0 Å². The standard InChI is InChI=1S/C25H24N2O5/c1-2-21(18-7-12-22-23(15-18)31-14-13-30-22)27-25(29)17-5-10-20(11-6-17)32-19-8-3-16(4-9-19)24(26)28/h3-12,15,21H,2,13-14H2,1H3,(H2,26,28)(H,27,29). The van der Waals surface area contributed by atoms with Crippen molar-refractivity contribution in [3.05, 3.63) is 83.4 Å². The predicted octanol–water partition coefficient (Wildman–Crippen LogP) is 4.23. The average Bonchev–Trinajstić information content (AvgIpc) is 2.83. The fourth-order valence-corrected chi connectivity index (χ4v) is 3.44. The van der Waals surface area contributed by atoms with E-state index in [1.165, 1.54) is 0 Å². The lowest BCUT2D eigenvalue weighted by Gasteiger charge is -2.22. The Balaban J connectivity index is 1.41. The highest BCUT2D eigenvalue weighted by atomic mass is 16.6. The molecule has 3 aromatic carbocycles. The van der Waals surface area contributed by atoms with E-state index >= 15 is 0 Å². The summed E-state index contributed by atoms with van der Waals surface area (Å²) in [6.07, 6.45) is 0.730. The van der Waals surface area contributed by atoms with Crippen LogP contribution in [0.3, 0.4) is 0 Å². The first-order chi connectivity index (χ1) is 15.5. The normalized spacial score (nSPS) is 13.2. The van der Waals surface area contributed by atoms with Crippen molar-refractivity contribution >= 4 is 11.8 Å². The van der Waals surface area contributed by atoms with Crippen LogP contribution in [-0.2, 0) is 0 Å². The predicted molar refractivity (Wildman–Crippen MR) is 119 cm³/mol. The van der Waals surface area contributed by atoms with Crippen LogP contribution in [0.5, 0.6) is 23.0 Å². The lowest BCUT2D eigenvalue weighted by Crippen LogP contribution is -2.28. The molecule has 7 nitrogen and oxygen atoms in total. The third kappa shape index (κ3) is 4.83. The Hall–Kier alpha value is -4.00. The van der Waals surface area contributed by atoms with Crippen molar-refractivity contribution in [1.82, 2.24) is 5.32 Å². The highest BCUT2D eigenvalue weighted by Crippen LogP contribution is 2.33. The first kappa shape index (κ1) is 21.2. The summed E-state index contributed by atoms with van der Waals surface area (Å²) in [6.45, 7) is 3.07. The maximum atomic E-state index is 12.8. The number of nitrogens with one attached hydrogen (secondary N) is 1. The molecule has 1 unspecified atom stereocenters. The number of nitrogens with two attached hydrogens (primary N) is 1. The zero-order valence-electron chi connectivity index (χ0n) is 17.7. The van der Waals surface area contributed by atoms with Crippen LogP contribution in [0.1, 0.15) is 45.7 Å². The summed E-state index contributed by atoms with van der Waals surface area (Å²) < 4.78 is 17.0. The van der Waals surface area contributed by atoms with Gasteiger partial charge in [0, 0.05) is 11.1 Å². The second-order valence-corrected chi connectivity index (χ2v) is 7.35. The van der Waals surface area contributed by atoms with E-state index in [1.807, 2.05) is 25.1 Å². The van der Waals surface area contributed by atoms with Crippen LogP contribution in [-0.4, -0.2) is 25.0 Å². The van der Waals surface area contributed by atoms with Crippen molar-refractivity contribution in [2.45, 2.75) is 19.4 Å². The zero-order valence-corrected chi connectivity index (χ0v) is 17.7. The molecule has 1 aliphatic heterocycles. The molecule has 4 rings (SSSR count). The summed E-state index contributed by atoms with van der Waals surface area (Å²) in [5.74, 6) is 1.90. The number of carbonyl (C=O) groups is 2. The number of benzene rings is 3. The molecule has 0 saturated carbocycles. The Morgan fingerprint density at radius 3 is 2.09 bits per heavy atom. The molecule has 32 heavy (non-hydrogen) atoms. The molecular formula is C25H24N2O5. The zero-order chi connectivity index (χ0) is 22.5. The summed E-state index contributed by atoms with van der Waals surface area (Å²) in [4.78, 5) is 24.0. The summed E-state index contributed by atoms with van der Waals surface area (Å²) in [5.41, 5.74) is 7.14. The Bertz CT molecular complexity index is 1110. The van der Waals surface area contributed by atoms with Gasteiger partial charge in [-0.1, -0.05) is 13.0 Å². The molecule has 7 heteroatoms. The van der Waals surface area contributed by atoms with Gasteiger partial charge in [0.05, 0.1) is 6.04 Å². The molecule has 0 aromatic heterocycles. The van der Waals surface area contributed by atoms with Gasteiger partial charge >= 0.3 is 0 Å². The smallest absolute Gasteiger partial charge is 0.251 e. The largest absolute Gasteiger partial charge is 0.486 e. The SMILES string of the molecule is CCC(NC(=O)c1ccc(Oc2ccc(C(N)=O)cc2)cc1)c1ccc2c(c1)OCCO2. The number of fused-ring (bicyclic) bond motifs is 1. The number of amides is 2. The second-order valence-electron chi connectivity index (χ2n) is 7.35.